The van der Waals surface area contributed by atoms with Gasteiger partial charge in [-0.1, -0.05) is 42.0 Å². The zero-order chi connectivity index (χ0) is 20.7. The fourth-order valence-corrected chi connectivity index (χ4v) is 4.07. The van der Waals surface area contributed by atoms with Crippen LogP contribution in [0.1, 0.15) is 23.5 Å². The summed E-state index contributed by atoms with van der Waals surface area (Å²) in [5.74, 6) is 1.78. The number of nitrogens with one attached hydrogen (secondary N) is 2. The van der Waals surface area contributed by atoms with Crippen molar-refractivity contribution in [2.75, 3.05) is 12.4 Å². The monoisotopic (exact) mass is 397 g/mol. The fourth-order valence-electron chi connectivity index (χ4n) is 4.07. The van der Waals surface area contributed by atoms with Crippen molar-refractivity contribution in [1.82, 2.24) is 9.97 Å². The van der Waals surface area contributed by atoms with Crippen LogP contribution in [0.4, 0.5) is 5.69 Å². The number of aromatic amines is 1. The molecule has 1 saturated carbocycles. The number of methoxy groups -OCH3 is 1. The van der Waals surface area contributed by atoms with E-state index in [1.807, 2.05) is 67.6 Å². The largest absolute Gasteiger partial charge is 0.496 e. The van der Waals surface area contributed by atoms with Crippen molar-refractivity contribution in [2.45, 2.75) is 19.3 Å². The molecule has 0 aliphatic heterocycles. The first kappa shape index (κ1) is 18.4. The van der Waals surface area contributed by atoms with Gasteiger partial charge >= 0.3 is 0 Å². The van der Waals surface area contributed by atoms with E-state index in [-0.39, 0.29) is 17.7 Å². The Balaban J connectivity index is 1.41. The fraction of sp³-hybridized carbons (Fsp3) is 0.200. The Morgan fingerprint density at radius 3 is 2.73 bits per heavy atom. The van der Waals surface area contributed by atoms with E-state index < -0.39 is 0 Å². The Morgan fingerprint density at radius 1 is 1.10 bits per heavy atom. The number of para-hydroxylation sites is 3. The smallest absolute Gasteiger partial charge is 0.228 e. The number of amides is 1. The average molecular weight is 397 g/mol. The number of ether oxygens (including phenoxy) is 1. The first-order valence-corrected chi connectivity index (χ1v) is 10.1. The molecule has 0 spiro atoms. The minimum Gasteiger partial charge on any atom is -0.496 e. The van der Waals surface area contributed by atoms with Crippen molar-refractivity contribution in [3.8, 4) is 17.1 Å². The van der Waals surface area contributed by atoms with Gasteiger partial charge in [-0.3, -0.25) is 4.79 Å². The maximum absolute atomic E-state index is 13.0. The van der Waals surface area contributed by atoms with Crippen molar-refractivity contribution in [3.63, 3.8) is 0 Å². The van der Waals surface area contributed by atoms with Crippen LogP contribution < -0.4 is 10.1 Å². The molecule has 0 radical (unpaired) electrons. The normalized spacial score (nSPS) is 17.7. The molecule has 5 rings (SSSR count). The minimum atomic E-state index is -0.0499. The molecule has 1 aliphatic rings. The van der Waals surface area contributed by atoms with E-state index in [1.165, 1.54) is 0 Å². The molecule has 1 fully saturated rings. The number of hydrogen-bond donors (Lipinski definition) is 2. The molecular formula is C25H23N3O2. The van der Waals surface area contributed by atoms with Gasteiger partial charge in [-0.25, -0.2) is 4.98 Å². The molecule has 1 aromatic heterocycles. The third-order valence-electron chi connectivity index (χ3n) is 5.74. The number of fused-ring (bicyclic) bond motifs is 1. The van der Waals surface area contributed by atoms with Gasteiger partial charge in [0.2, 0.25) is 5.91 Å². The van der Waals surface area contributed by atoms with Crippen LogP contribution in [0.25, 0.3) is 22.4 Å². The second-order valence-electron chi connectivity index (χ2n) is 7.83. The summed E-state index contributed by atoms with van der Waals surface area (Å²) in [5.41, 5.74) is 5.77. The Morgan fingerprint density at radius 2 is 1.90 bits per heavy atom. The highest BCUT2D eigenvalue weighted by atomic mass is 16.5. The van der Waals surface area contributed by atoms with Gasteiger partial charge in [-0.15, -0.1) is 0 Å². The number of hydrogen-bond acceptors (Lipinski definition) is 3. The molecular weight excluding hydrogens is 374 g/mol. The van der Waals surface area contributed by atoms with Crippen molar-refractivity contribution < 1.29 is 9.53 Å². The summed E-state index contributed by atoms with van der Waals surface area (Å²) in [6.07, 6.45) is 0.831. The van der Waals surface area contributed by atoms with Crippen molar-refractivity contribution in [1.29, 1.82) is 0 Å². The lowest BCUT2D eigenvalue weighted by Crippen LogP contribution is -2.15. The van der Waals surface area contributed by atoms with E-state index in [0.717, 1.165) is 51.4 Å². The lowest BCUT2D eigenvalue weighted by atomic mass is 10.1. The summed E-state index contributed by atoms with van der Waals surface area (Å²) in [4.78, 5) is 21.1. The molecule has 4 aromatic rings. The molecule has 2 N–H and O–H groups in total. The summed E-state index contributed by atoms with van der Waals surface area (Å²) in [7, 11) is 1.67. The van der Waals surface area contributed by atoms with E-state index in [9.17, 15) is 4.79 Å². The molecule has 0 bridgehead atoms. The number of carbonyl (C=O) groups excluding carboxylic acids is 1. The second kappa shape index (κ2) is 7.34. The minimum absolute atomic E-state index is 0.0344. The molecule has 3 aromatic carbocycles. The average Bonchev–Trinajstić information content (AvgIpc) is 3.45. The number of aromatic nitrogens is 2. The van der Waals surface area contributed by atoms with Crippen molar-refractivity contribution in [3.05, 3.63) is 77.9 Å². The van der Waals surface area contributed by atoms with Crippen LogP contribution in [-0.2, 0) is 4.79 Å². The predicted molar refractivity (Wildman–Crippen MR) is 119 cm³/mol. The maximum atomic E-state index is 13.0. The van der Waals surface area contributed by atoms with Crippen LogP contribution in [0.3, 0.4) is 0 Å². The predicted octanol–water partition coefficient (Wildman–Crippen LogP) is 5.29. The number of carbonyl (C=O) groups is 1. The number of benzene rings is 3. The summed E-state index contributed by atoms with van der Waals surface area (Å²) >= 11 is 0. The Bertz CT molecular complexity index is 1210. The molecule has 5 nitrogen and oxygen atoms in total. The van der Waals surface area contributed by atoms with Gasteiger partial charge in [0, 0.05) is 11.5 Å². The lowest BCUT2D eigenvalue weighted by Gasteiger charge is -2.11. The quantitative estimate of drug-likeness (QED) is 0.481. The van der Waals surface area contributed by atoms with Gasteiger partial charge in [-0.05, 0) is 55.2 Å². The van der Waals surface area contributed by atoms with E-state index in [1.54, 1.807) is 7.11 Å². The maximum Gasteiger partial charge on any atom is 0.228 e. The summed E-state index contributed by atoms with van der Waals surface area (Å²) in [6, 6.07) is 21.9. The van der Waals surface area contributed by atoms with Crippen LogP contribution in [0.15, 0.2) is 66.7 Å². The van der Waals surface area contributed by atoms with Gasteiger partial charge in [0.05, 0.1) is 23.8 Å². The molecule has 150 valence electrons. The molecule has 1 aliphatic carbocycles. The van der Waals surface area contributed by atoms with Gasteiger partial charge in [0.25, 0.3) is 0 Å². The van der Waals surface area contributed by atoms with Crippen molar-refractivity contribution in [2.24, 2.45) is 5.92 Å². The number of H-pyrrole nitrogens is 1. The molecule has 1 amide bonds. The Hall–Kier alpha value is -3.60. The van der Waals surface area contributed by atoms with Crippen LogP contribution in [0, 0.1) is 12.8 Å². The zero-order valence-electron chi connectivity index (χ0n) is 17.0. The van der Waals surface area contributed by atoms with Crippen LogP contribution >= 0.6 is 0 Å². The number of anilines is 1. The summed E-state index contributed by atoms with van der Waals surface area (Å²) in [6.45, 7) is 2.04. The summed E-state index contributed by atoms with van der Waals surface area (Å²) < 4.78 is 5.47. The second-order valence-corrected chi connectivity index (χ2v) is 7.83. The highest BCUT2D eigenvalue weighted by Gasteiger charge is 2.45. The zero-order valence-corrected chi connectivity index (χ0v) is 17.0. The summed E-state index contributed by atoms with van der Waals surface area (Å²) in [5, 5.41) is 3.14. The highest BCUT2D eigenvalue weighted by molar-refractivity contribution is 5.99. The number of imidazole rings is 1. The Kier molecular flexibility index (Phi) is 4.51. The van der Waals surface area contributed by atoms with Crippen molar-refractivity contribution >= 4 is 22.6 Å². The molecule has 5 heteroatoms. The highest BCUT2D eigenvalue weighted by Crippen LogP contribution is 2.51. The van der Waals surface area contributed by atoms with Crippen LogP contribution in [0.2, 0.25) is 0 Å². The van der Waals surface area contributed by atoms with E-state index in [4.69, 9.17) is 9.72 Å². The standard InChI is InChI=1S/C25H23N3O2/c1-15-11-12-20(19(13-15)24-26-21-8-4-5-9-22(21)27-24)28-25(29)18-14-17(18)16-7-3-6-10-23(16)30-2/h3-13,17-18H,14H2,1-2H3,(H,26,27)(H,28,29)/t17-,18+/m1/s1. The SMILES string of the molecule is COc1ccccc1[C@H]1C[C@@H]1C(=O)Nc1ccc(C)cc1-c1nc2ccccc2[nH]1. The lowest BCUT2D eigenvalue weighted by molar-refractivity contribution is -0.117. The molecule has 30 heavy (non-hydrogen) atoms. The first-order chi connectivity index (χ1) is 14.6. The third-order valence-corrected chi connectivity index (χ3v) is 5.74. The van der Waals surface area contributed by atoms with E-state index in [2.05, 4.69) is 16.4 Å². The third kappa shape index (κ3) is 3.32. The van der Waals surface area contributed by atoms with Crippen LogP contribution in [0.5, 0.6) is 5.75 Å². The van der Waals surface area contributed by atoms with Crippen LogP contribution in [-0.4, -0.2) is 23.0 Å². The molecule has 1 heterocycles. The molecule has 0 unspecified atom stereocenters. The van der Waals surface area contributed by atoms with E-state index >= 15 is 0 Å². The number of aryl methyl sites for hydroxylation is 1. The van der Waals surface area contributed by atoms with Gasteiger partial charge in [0.1, 0.15) is 11.6 Å². The van der Waals surface area contributed by atoms with E-state index in [0.29, 0.717) is 0 Å². The molecule has 0 saturated heterocycles. The Labute approximate surface area is 175 Å². The number of nitrogens with zero attached hydrogens (tertiary/aromatic N) is 1. The topological polar surface area (TPSA) is 67.0 Å². The first-order valence-electron chi connectivity index (χ1n) is 10.1. The van der Waals surface area contributed by atoms with Gasteiger partial charge < -0.3 is 15.0 Å². The number of rotatable bonds is 5. The van der Waals surface area contributed by atoms with Gasteiger partial charge in [-0.2, -0.15) is 0 Å². The van der Waals surface area contributed by atoms with Gasteiger partial charge in [0.15, 0.2) is 0 Å². The molecule has 2 atom stereocenters.